The molecular weight excluding hydrogens is 272 g/mol. The lowest BCUT2D eigenvalue weighted by Gasteiger charge is -2.37. The minimum absolute atomic E-state index is 0.137. The van der Waals surface area contributed by atoms with Crippen LogP contribution in [0.5, 0.6) is 0 Å². The molecule has 0 aromatic heterocycles. The van der Waals surface area contributed by atoms with Crippen molar-refractivity contribution in [3.63, 3.8) is 0 Å². The zero-order chi connectivity index (χ0) is 15.1. The predicted octanol–water partition coefficient (Wildman–Crippen LogP) is 3.33. The lowest BCUT2D eigenvalue weighted by atomic mass is 9.69. The highest BCUT2D eigenvalue weighted by molar-refractivity contribution is 5.63. The Labute approximate surface area is 130 Å². The van der Waals surface area contributed by atoms with Crippen molar-refractivity contribution in [2.45, 2.75) is 24.0 Å². The van der Waals surface area contributed by atoms with E-state index in [0.717, 1.165) is 22.3 Å². The molecule has 22 heavy (non-hydrogen) atoms. The summed E-state index contributed by atoms with van der Waals surface area (Å²) in [6, 6.07) is 16.2. The molecule has 110 valence electrons. The van der Waals surface area contributed by atoms with Crippen molar-refractivity contribution < 1.29 is 10.2 Å². The Balaban J connectivity index is 1.87. The van der Waals surface area contributed by atoms with Crippen molar-refractivity contribution in [3.05, 3.63) is 82.9 Å². The van der Waals surface area contributed by atoms with E-state index in [4.69, 9.17) is 0 Å². The van der Waals surface area contributed by atoms with E-state index in [-0.39, 0.29) is 11.8 Å². The van der Waals surface area contributed by atoms with Crippen molar-refractivity contribution in [1.29, 1.82) is 0 Å². The van der Waals surface area contributed by atoms with Gasteiger partial charge < -0.3 is 10.2 Å². The summed E-state index contributed by atoms with van der Waals surface area (Å²) < 4.78 is 0. The third-order valence-electron chi connectivity index (χ3n) is 4.78. The summed E-state index contributed by atoms with van der Waals surface area (Å²) in [7, 11) is 0. The number of aliphatic hydroxyl groups is 2. The first-order chi connectivity index (χ1) is 10.8. The van der Waals surface area contributed by atoms with Gasteiger partial charge in [0.15, 0.2) is 0 Å². The standard InChI is InChI=1S/C20H18O2/c21-17-11-9-13-5-1-3-7-15(13)19(17)20-16-8-4-2-6-14(16)10-12-18(20)22/h1-12,17-22H. The van der Waals surface area contributed by atoms with Crippen molar-refractivity contribution in [1.82, 2.24) is 0 Å². The molecule has 2 N–H and O–H groups in total. The highest BCUT2D eigenvalue weighted by atomic mass is 16.3. The van der Waals surface area contributed by atoms with Gasteiger partial charge in [-0.2, -0.15) is 0 Å². The number of rotatable bonds is 1. The highest BCUT2D eigenvalue weighted by Gasteiger charge is 2.38. The van der Waals surface area contributed by atoms with Crippen LogP contribution >= 0.6 is 0 Å². The van der Waals surface area contributed by atoms with Crippen molar-refractivity contribution in [2.24, 2.45) is 0 Å². The van der Waals surface area contributed by atoms with Gasteiger partial charge in [-0.1, -0.05) is 72.8 Å². The maximum Gasteiger partial charge on any atom is 0.0799 e. The summed E-state index contributed by atoms with van der Waals surface area (Å²) in [5.74, 6) is -0.274. The molecule has 4 unspecified atom stereocenters. The quantitative estimate of drug-likeness (QED) is 0.845. The molecule has 0 saturated carbocycles. The second-order valence-corrected chi connectivity index (χ2v) is 6.01. The third kappa shape index (κ3) is 2.04. The first-order valence-corrected chi connectivity index (χ1v) is 7.66. The number of fused-ring (bicyclic) bond motifs is 2. The molecule has 2 aromatic carbocycles. The van der Waals surface area contributed by atoms with Crippen LogP contribution in [0.1, 0.15) is 34.1 Å². The van der Waals surface area contributed by atoms with Gasteiger partial charge in [0.05, 0.1) is 12.2 Å². The highest BCUT2D eigenvalue weighted by Crippen LogP contribution is 2.45. The Bertz CT molecular complexity index is 694. The summed E-state index contributed by atoms with van der Waals surface area (Å²) in [5.41, 5.74) is 4.45. The van der Waals surface area contributed by atoms with Crippen LogP contribution < -0.4 is 0 Å². The molecule has 0 aliphatic heterocycles. The Morgan fingerprint density at radius 1 is 0.591 bits per heavy atom. The summed E-state index contributed by atoms with van der Waals surface area (Å²) in [6.45, 7) is 0. The Kier molecular flexibility index (Phi) is 3.21. The number of benzene rings is 2. The van der Waals surface area contributed by atoms with Gasteiger partial charge in [0, 0.05) is 11.8 Å². The Morgan fingerprint density at radius 2 is 1.00 bits per heavy atom. The first kappa shape index (κ1) is 13.5. The summed E-state index contributed by atoms with van der Waals surface area (Å²) in [6.07, 6.45) is 6.42. The van der Waals surface area contributed by atoms with Crippen LogP contribution in [0.25, 0.3) is 12.2 Å². The van der Waals surface area contributed by atoms with E-state index in [2.05, 4.69) is 24.3 Å². The Morgan fingerprint density at radius 3 is 1.45 bits per heavy atom. The van der Waals surface area contributed by atoms with Gasteiger partial charge in [0.2, 0.25) is 0 Å². The molecule has 2 heteroatoms. The van der Waals surface area contributed by atoms with E-state index in [1.807, 2.05) is 48.6 Å². The van der Waals surface area contributed by atoms with Gasteiger partial charge in [-0.3, -0.25) is 0 Å². The lowest BCUT2D eigenvalue weighted by molar-refractivity contribution is 0.117. The average Bonchev–Trinajstić information content (AvgIpc) is 2.56. The van der Waals surface area contributed by atoms with Crippen LogP contribution in [0.15, 0.2) is 60.7 Å². The molecule has 2 aliphatic carbocycles. The molecule has 4 rings (SSSR count). The average molecular weight is 290 g/mol. The maximum atomic E-state index is 10.6. The summed E-state index contributed by atoms with van der Waals surface area (Å²) >= 11 is 0. The predicted molar refractivity (Wildman–Crippen MR) is 88.4 cm³/mol. The van der Waals surface area contributed by atoms with Crippen LogP contribution in [0.3, 0.4) is 0 Å². The number of aliphatic hydroxyl groups excluding tert-OH is 2. The van der Waals surface area contributed by atoms with Crippen molar-refractivity contribution in [2.75, 3.05) is 0 Å². The van der Waals surface area contributed by atoms with E-state index in [1.165, 1.54) is 0 Å². The molecule has 2 aliphatic rings. The fourth-order valence-corrected chi connectivity index (χ4v) is 3.76. The van der Waals surface area contributed by atoms with Gasteiger partial charge in [0.1, 0.15) is 0 Å². The first-order valence-electron chi connectivity index (χ1n) is 7.66. The second-order valence-electron chi connectivity index (χ2n) is 6.01. The molecule has 2 aromatic rings. The normalized spacial score (nSPS) is 29.0. The van der Waals surface area contributed by atoms with E-state index in [0.29, 0.717) is 0 Å². The molecular formula is C20H18O2. The molecule has 0 saturated heterocycles. The zero-order valence-electron chi connectivity index (χ0n) is 12.1. The van der Waals surface area contributed by atoms with Crippen molar-refractivity contribution >= 4 is 12.2 Å². The summed E-state index contributed by atoms with van der Waals surface area (Å²) in [4.78, 5) is 0. The SMILES string of the molecule is OC1C=Cc2ccccc2C1C1c2ccccc2C=CC1O. The number of hydrogen-bond acceptors (Lipinski definition) is 2. The fraction of sp³-hybridized carbons (Fsp3) is 0.200. The molecule has 0 amide bonds. The molecule has 4 atom stereocenters. The minimum Gasteiger partial charge on any atom is -0.388 e. The van der Waals surface area contributed by atoms with E-state index >= 15 is 0 Å². The summed E-state index contributed by atoms with van der Waals surface area (Å²) in [5, 5.41) is 21.2. The van der Waals surface area contributed by atoms with Gasteiger partial charge in [0.25, 0.3) is 0 Å². The monoisotopic (exact) mass is 290 g/mol. The van der Waals surface area contributed by atoms with Gasteiger partial charge in [-0.25, -0.2) is 0 Å². The maximum absolute atomic E-state index is 10.6. The smallest absolute Gasteiger partial charge is 0.0799 e. The zero-order valence-corrected chi connectivity index (χ0v) is 12.1. The topological polar surface area (TPSA) is 40.5 Å². The van der Waals surface area contributed by atoms with Crippen LogP contribution in [0.4, 0.5) is 0 Å². The number of hydrogen-bond donors (Lipinski definition) is 2. The third-order valence-corrected chi connectivity index (χ3v) is 4.78. The lowest BCUT2D eigenvalue weighted by Crippen LogP contribution is -2.33. The van der Waals surface area contributed by atoms with Crippen LogP contribution in [-0.4, -0.2) is 22.4 Å². The largest absolute Gasteiger partial charge is 0.388 e. The molecule has 0 radical (unpaired) electrons. The van der Waals surface area contributed by atoms with Crippen molar-refractivity contribution in [3.8, 4) is 0 Å². The second kappa shape index (κ2) is 5.24. The van der Waals surface area contributed by atoms with Crippen LogP contribution in [0, 0.1) is 0 Å². The molecule has 0 fully saturated rings. The van der Waals surface area contributed by atoms with E-state index in [9.17, 15) is 10.2 Å². The molecule has 0 spiro atoms. The fourth-order valence-electron chi connectivity index (χ4n) is 3.76. The Hall–Kier alpha value is -2.16. The molecule has 0 bridgehead atoms. The van der Waals surface area contributed by atoms with Gasteiger partial charge in [-0.15, -0.1) is 0 Å². The van der Waals surface area contributed by atoms with Crippen LogP contribution in [-0.2, 0) is 0 Å². The molecule has 2 nitrogen and oxygen atoms in total. The van der Waals surface area contributed by atoms with E-state index < -0.39 is 12.2 Å². The molecule has 0 heterocycles. The van der Waals surface area contributed by atoms with E-state index in [1.54, 1.807) is 0 Å². The van der Waals surface area contributed by atoms with Gasteiger partial charge >= 0.3 is 0 Å². The minimum atomic E-state index is -0.589. The van der Waals surface area contributed by atoms with Gasteiger partial charge in [-0.05, 0) is 22.3 Å². The van der Waals surface area contributed by atoms with Crippen LogP contribution in [0.2, 0.25) is 0 Å².